The maximum atomic E-state index is 9.06. The second-order valence-electron chi connectivity index (χ2n) is 2.58. The van der Waals surface area contributed by atoms with Gasteiger partial charge in [0, 0.05) is 0 Å². The standard InChI is InChI=1S/C8H10O4/c1-4(9)5-2-6(10)8(12)7(11)3-5/h2-4,9-12H,1H3. The van der Waals surface area contributed by atoms with Crippen LogP contribution in [0.25, 0.3) is 0 Å². The summed E-state index contributed by atoms with van der Waals surface area (Å²) in [6.07, 6.45) is -0.789. The fourth-order valence-electron chi connectivity index (χ4n) is 0.867. The van der Waals surface area contributed by atoms with Gasteiger partial charge in [0.1, 0.15) is 0 Å². The van der Waals surface area contributed by atoms with Crippen LogP contribution < -0.4 is 0 Å². The average Bonchev–Trinajstić information content (AvgIpc) is 1.99. The molecule has 0 radical (unpaired) electrons. The molecule has 4 heteroatoms. The molecule has 1 aromatic carbocycles. The molecular formula is C8H10O4. The van der Waals surface area contributed by atoms with Gasteiger partial charge in [0.15, 0.2) is 17.2 Å². The molecule has 0 aromatic heterocycles. The second-order valence-corrected chi connectivity index (χ2v) is 2.58. The number of aliphatic hydroxyl groups excluding tert-OH is 1. The molecule has 0 saturated carbocycles. The molecule has 66 valence electrons. The molecule has 0 aliphatic carbocycles. The zero-order valence-corrected chi connectivity index (χ0v) is 6.52. The number of rotatable bonds is 1. The Kier molecular flexibility index (Phi) is 2.10. The number of phenols is 3. The van der Waals surface area contributed by atoms with E-state index in [-0.39, 0.29) is 0 Å². The average molecular weight is 170 g/mol. The van der Waals surface area contributed by atoms with Crippen molar-refractivity contribution in [1.29, 1.82) is 0 Å². The van der Waals surface area contributed by atoms with E-state index in [9.17, 15) is 0 Å². The van der Waals surface area contributed by atoms with Crippen LogP contribution in [-0.2, 0) is 0 Å². The van der Waals surface area contributed by atoms with Gasteiger partial charge in [-0.2, -0.15) is 0 Å². The molecule has 0 aliphatic rings. The van der Waals surface area contributed by atoms with E-state index in [1.54, 1.807) is 0 Å². The molecule has 0 saturated heterocycles. The van der Waals surface area contributed by atoms with E-state index in [0.29, 0.717) is 5.56 Å². The van der Waals surface area contributed by atoms with Crippen LogP contribution in [0.4, 0.5) is 0 Å². The quantitative estimate of drug-likeness (QED) is 0.471. The van der Waals surface area contributed by atoms with Gasteiger partial charge in [-0.05, 0) is 24.6 Å². The molecule has 0 bridgehead atoms. The Labute approximate surface area is 69.3 Å². The summed E-state index contributed by atoms with van der Waals surface area (Å²) in [5.74, 6) is -1.45. The molecular weight excluding hydrogens is 160 g/mol. The maximum Gasteiger partial charge on any atom is 0.200 e. The van der Waals surface area contributed by atoms with Crippen molar-refractivity contribution in [2.45, 2.75) is 13.0 Å². The Bertz CT molecular complexity index is 270. The third kappa shape index (κ3) is 1.43. The molecule has 1 rings (SSSR count). The summed E-state index contributed by atoms with van der Waals surface area (Å²) in [6, 6.07) is 2.39. The fraction of sp³-hybridized carbons (Fsp3) is 0.250. The third-order valence-corrected chi connectivity index (χ3v) is 1.57. The van der Waals surface area contributed by atoms with Crippen LogP contribution in [0.3, 0.4) is 0 Å². The first-order valence-corrected chi connectivity index (χ1v) is 3.45. The number of hydrogen-bond acceptors (Lipinski definition) is 4. The number of benzene rings is 1. The van der Waals surface area contributed by atoms with Crippen LogP contribution in [0.2, 0.25) is 0 Å². The van der Waals surface area contributed by atoms with Gasteiger partial charge in [-0.15, -0.1) is 0 Å². The van der Waals surface area contributed by atoms with Crippen LogP contribution in [0.1, 0.15) is 18.6 Å². The predicted molar refractivity (Wildman–Crippen MR) is 42.1 cm³/mol. The Morgan fingerprint density at radius 3 is 1.83 bits per heavy atom. The number of aromatic hydroxyl groups is 3. The van der Waals surface area contributed by atoms with E-state index in [2.05, 4.69) is 0 Å². The summed E-state index contributed by atoms with van der Waals surface area (Å²) in [7, 11) is 0. The largest absolute Gasteiger partial charge is 0.504 e. The first-order chi connectivity index (χ1) is 5.52. The zero-order chi connectivity index (χ0) is 9.30. The van der Waals surface area contributed by atoms with Crippen molar-refractivity contribution in [3.63, 3.8) is 0 Å². The van der Waals surface area contributed by atoms with Crippen LogP contribution in [0.5, 0.6) is 17.2 Å². The molecule has 0 fully saturated rings. The maximum absolute atomic E-state index is 9.06. The lowest BCUT2D eigenvalue weighted by Crippen LogP contribution is -1.90. The van der Waals surface area contributed by atoms with Crippen molar-refractivity contribution < 1.29 is 20.4 Å². The summed E-state index contributed by atoms with van der Waals surface area (Å²) in [5.41, 5.74) is 0.350. The lowest BCUT2D eigenvalue weighted by atomic mass is 10.1. The molecule has 4 nitrogen and oxygen atoms in total. The summed E-state index contributed by atoms with van der Waals surface area (Å²) < 4.78 is 0. The van der Waals surface area contributed by atoms with Crippen LogP contribution >= 0.6 is 0 Å². The summed E-state index contributed by atoms with van der Waals surface area (Å²) in [5, 5.41) is 36.0. The Morgan fingerprint density at radius 1 is 1.08 bits per heavy atom. The van der Waals surface area contributed by atoms with Gasteiger partial charge < -0.3 is 20.4 Å². The minimum Gasteiger partial charge on any atom is -0.504 e. The lowest BCUT2D eigenvalue weighted by molar-refractivity contribution is 0.198. The molecule has 4 N–H and O–H groups in total. The van der Waals surface area contributed by atoms with Gasteiger partial charge in [-0.25, -0.2) is 0 Å². The summed E-state index contributed by atoms with van der Waals surface area (Å²) in [4.78, 5) is 0. The summed E-state index contributed by atoms with van der Waals surface area (Å²) >= 11 is 0. The first kappa shape index (κ1) is 8.67. The van der Waals surface area contributed by atoms with Gasteiger partial charge >= 0.3 is 0 Å². The fourth-order valence-corrected chi connectivity index (χ4v) is 0.867. The van der Waals surface area contributed by atoms with E-state index in [1.807, 2.05) is 0 Å². The lowest BCUT2D eigenvalue weighted by Gasteiger charge is -2.07. The van der Waals surface area contributed by atoms with Gasteiger partial charge in [-0.1, -0.05) is 0 Å². The molecule has 12 heavy (non-hydrogen) atoms. The smallest absolute Gasteiger partial charge is 0.200 e. The van der Waals surface area contributed by atoms with Crippen LogP contribution in [0.15, 0.2) is 12.1 Å². The highest BCUT2D eigenvalue weighted by Crippen LogP contribution is 2.36. The van der Waals surface area contributed by atoms with Gasteiger partial charge in [0.2, 0.25) is 0 Å². The van der Waals surface area contributed by atoms with Gasteiger partial charge in [0.25, 0.3) is 0 Å². The SMILES string of the molecule is CC(O)c1cc(O)c(O)c(O)c1. The van der Waals surface area contributed by atoms with E-state index < -0.39 is 23.4 Å². The predicted octanol–water partition coefficient (Wildman–Crippen LogP) is 0.857. The highest BCUT2D eigenvalue weighted by atomic mass is 16.3. The van der Waals surface area contributed by atoms with Crippen molar-refractivity contribution in [3.05, 3.63) is 17.7 Å². The molecule has 1 unspecified atom stereocenters. The van der Waals surface area contributed by atoms with Gasteiger partial charge in [0.05, 0.1) is 6.10 Å². The molecule has 0 spiro atoms. The number of aliphatic hydroxyl groups is 1. The van der Waals surface area contributed by atoms with E-state index in [0.717, 1.165) is 0 Å². The normalized spacial score (nSPS) is 12.8. The molecule has 0 amide bonds. The highest BCUT2D eigenvalue weighted by Gasteiger charge is 2.10. The number of phenolic OH excluding ortho intramolecular Hbond substituents is 3. The second kappa shape index (κ2) is 2.91. The highest BCUT2D eigenvalue weighted by molar-refractivity contribution is 5.51. The Balaban J connectivity index is 3.21. The molecule has 1 atom stereocenters. The third-order valence-electron chi connectivity index (χ3n) is 1.57. The van der Waals surface area contributed by atoms with Crippen molar-refractivity contribution in [1.82, 2.24) is 0 Å². The molecule has 0 aliphatic heterocycles. The molecule has 1 aromatic rings. The molecule has 0 heterocycles. The van der Waals surface area contributed by atoms with Crippen LogP contribution in [-0.4, -0.2) is 20.4 Å². The van der Waals surface area contributed by atoms with Crippen molar-refractivity contribution in [2.24, 2.45) is 0 Å². The van der Waals surface area contributed by atoms with E-state index >= 15 is 0 Å². The van der Waals surface area contributed by atoms with Crippen LogP contribution in [0, 0.1) is 0 Å². The van der Waals surface area contributed by atoms with Gasteiger partial charge in [-0.3, -0.25) is 0 Å². The van der Waals surface area contributed by atoms with Crippen molar-refractivity contribution in [3.8, 4) is 17.2 Å². The van der Waals surface area contributed by atoms with Crippen molar-refractivity contribution in [2.75, 3.05) is 0 Å². The first-order valence-electron chi connectivity index (χ1n) is 3.45. The minimum absolute atomic E-state index is 0.350. The topological polar surface area (TPSA) is 80.9 Å². The van der Waals surface area contributed by atoms with Crippen molar-refractivity contribution >= 4 is 0 Å². The monoisotopic (exact) mass is 170 g/mol. The summed E-state index contributed by atoms with van der Waals surface area (Å²) in [6.45, 7) is 1.49. The Hall–Kier alpha value is -1.42. The number of hydrogen-bond donors (Lipinski definition) is 4. The zero-order valence-electron chi connectivity index (χ0n) is 6.52. The van der Waals surface area contributed by atoms with E-state index in [4.69, 9.17) is 20.4 Å². The Morgan fingerprint density at radius 2 is 1.50 bits per heavy atom. The minimum atomic E-state index is -0.789. The van der Waals surface area contributed by atoms with E-state index in [1.165, 1.54) is 19.1 Å².